The fourth-order valence-corrected chi connectivity index (χ4v) is 4.68. The Balaban J connectivity index is 0.00000132. The number of anilines is 1. The predicted molar refractivity (Wildman–Crippen MR) is 122 cm³/mol. The van der Waals surface area contributed by atoms with Gasteiger partial charge in [0, 0.05) is 37.3 Å². The molecule has 0 atom stereocenters. The van der Waals surface area contributed by atoms with Gasteiger partial charge in [-0.2, -0.15) is 0 Å². The van der Waals surface area contributed by atoms with Crippen molar-refractivity contribution >= 4 is 45.0 Å². The monoisotopic (exact) mass is 473 g/mol. The van der Waals surface area contributed by atoms with E-state index >= 15 is 0 Å². The zero-order valence-corrected chi connectivity index (χ0v) is 18.8. The van der Waals surface area contributed by atoms with Crippen molar-refractivity contribution in [3.8, 4) is 0 Å². The van der Waals surface area contributed by atoms with Crippen molar-refractivity contribution in [2.24, 2.45) is 0 Å². The molecule has 1 saturated carbocycles. The number of rotatable bonds is 7. The van der Waals surface area contributed by atoms with E-state index in [1.54, 1.807) is 6.20 Å². The summed E-state index contributed by atoms with van der Waals surface area (Å²) in [6.45, 7) is 2.17. The second kappa shape index (κ2) is 10.7. The van der Waals surface area contributed by atoms with Crippen molar-refractivity contribution in [1.82, 2.24) is 19.4 Å². The van der Waals surface area contributed by atoms with Crippen LogP contribution < -0.4 is 14.9 Å². The van der Waals surface area contributed by atoms with E-state index < -0.39 is 18.9 Å². The number of hydrogen-bond acceptors (Lipinski definition) is 8. The molecule has 12 heteroatoms. The molecular formula is C19H26F3N7S2. The highest BCUT2D eigenvalue weighted by atomic mass is 32.2. The summed E-state index contributed by atoms with van der Waals surface area (Å²) in [6.07, 6.45) is 5.23. The van der Waals surface area contributed by atoms with E-state index in [2.05, 4.69) is 26.0 Å². The van der Waals surface area contributed by atoms with E-state index in [0.717, 1.165) is 66.9 Å². The first-order valence-electron chi connectivity index (χ1n) is 9.80. The molecule has 3 heterocycles. The molecule has 2 aromatic rings. The zero-order chi connectivity index (χ0) is 22.4. The molecule has 0 radical (unpaired) electrons. The van der Waals surface area contributed by atoms with Gasteiger partial charge in [-0.3, -0.25) is 24.3 Å². The predicted octanol–water partition coefficient (Wildman–Crippen LogP) is 3.43. The van der Waals surface area contributed by atoms with Crippen LogP contribution in [0.25, 0.3) is 5.52 Å². The van der Waals surface area contributed by atoms with E-state index in [-0.39, 0.29) is 10.1 Å². The van der Waals surface area contributed by atoms with Crippen LogP contribution in [0.15, 0.2) is 23.4 Å². The fraction of sp³-hybridized carbons (Fsp3) is 0.526. The lowest BCUT2D eigenvalue weighted by Crippen LogP contribution is -2.43. The Morgan fingerprint density at radius 1 is 1.26 bits per heavy atom. The molecule has 0 bridgehead atoms. The Labute approximate surface area is 187 Å². The average molecular weight is 474 g/mol. The minimum Gasteiger partial charge on any atom is -0.367 e. The number of halogens is 3. The van der Waals surface area contributed by atoms with Crippen molar-refractivity contribution in [3.05, 3.63) is 24.3 Å². The molecule has 7 nitrogen and oxygen atoms in total. The Kier molecular flexibility index (Phi) is 8.25. The summed E-state index contributed by atoms with van der Waals surface area (Å²) in [5.74, 6) is 0.369. The highest BCUT2D eigenvalue weighted by Crippen LogP contribution is 2.39. The highest BCUT2D eigenvalue weighted by Gasteiger charge is 2.43. The van der Waals surface area contributed by atoms with Gasteiger partial charge in [0.15, 0.2) is 5.82 Å². The standard InChI is InChI=1S/C18H23F2N7S2.CH3F/c19-8-15(21)28-16(22)17-24-9-14-13(26-5-3-23-4-6-26)7-12(10-27(14)17)29-25-18(11-20)1-2-18;1-2/h7,9-10,21-23,25H,1-6,8,11H2;1H3. The van der Waals surface area contributed by atoms with Gasteiger partial charge in [0.05, 0.1) is 30.1 Å². The third-order valence-corrected chi connectivity index (χ3v) is 6.83. The normalized spacial score (nSPS) is 17.2. The highest BCUT2D eigenvalue weighted by molar-refractivity contribution is 8.26. The molecule has 170 valence electrons. The Hall–Kier alpha value is -1.76. The molecule has 1 aliphatic carbocycles. The maximum absolute atomic E-state index is 13.2. The topological polar surface area (TPSA) is 92.3 Å². The van der Waals surface area contributed by atoms with Crippen LogP contribution in [0.4, 0.5) is 18.9 Å². The van der Waals surface area contributed by atoms with Crippen LogP contribution in [-0.2, 0) is 0 Å². The smallest absolute Gasteiger partial charge is 0.169 e. The number of hydrogen-bond donors (Lipinski definition) is 4. The summed E-state index contributed by atoms with van der Waals surface area (Å²) in [5.41, 5.74) is 1.43. The molecular weight excluding hydrogens is 447 g/mol. The number of nitrogens with one attached hydrogen (secondary N) is 4. The van der Waals surface area contributed by atoms with Gasteiger partial charge in [-0.1, -0.05) is 0 Å². The molecule has 0 unspecified atom stereocenters. The van der Waals surface area contributed by atoms with E-state index in [1.165, 1.54) is 11.9 Å². The second-order valence-corrected chi connectivity index (χ2v) is 9.23. The van der Waals surface area contributed by atoms with Crippen molar-refractivity contribution < 1.29 is 13.2 Å². The number of pyridine rings is 1. The molecule has 2 aliphatic rings. The Bertz CT molecular complexity index is 927. The lowest BCUT2D eigenvalue weighted by Gasteiger charge is -2.30. The first-order valence-corrected chi connectivity index (χ1v) is 11.4. The number of imidazole rings is 1. The number of aromatic nitrogens is 2. The lowest BCUT2D eigenvalue weighted by atomic mass is 10.2. The third-order valence-electron chi connectivity index (χ3n) is 5.10. The van der Waals surface area contributed by atoms with Crippen molar-refractivity contribution in [1.29, 1.82) is 10.8 Å². The van der Waals surface area contributed by atoms with Crippen molar-refractivity contribution in [3.63, 3.8) is 0 Å². The van der Waals surface area contributed by atoms with Gasteiger partial charge in [-0.25, -0.2) is 13.8 Å². The maximum atomic E-state index is 13.2. The van der Waals surface area contributed by atoms with Crippen LogP contribution in [-0.4, -0.2) is 71.7 Å². The molecule has 4 rings (SSSR count). The SMILES string of the molecule is CF.N=C(CF)SC(=N)c1ncc2c(N3CCNCC3)cc(SNC3(CF)CC3)cn12. The van der Waals surface area contributed by atoms with E-state index in [0.29, 0.717) is 13.0 Å². The molecule has 4 N–H and O–H groups in total. The first-order chi connectivity index (χ1) is 15.0. The number of piperazine rings is 1. The van der Waals surface area contributed by atoms with Gasteiger partial charge < -0.3 is 10.2 Å². The molecule has 2 fully saturated rings. The summed E-state index contributed by atoms with van der Waals surface area (Å²) in [4.78, 5) is 7.54. The van der Waals surface area contributed by atoms with Gasteiger partial charge in [-0.15, -0.1) is 0 Å². The van der Waals surface area contributed by atoms with E-state index in [4.69, 9.17) is 10.8 Å². The largest absolute Gasteiger partial charge is 0.367 e. The average Bonchev–Trinajstić information content (AvgIpc) is 3.48. The quantitative estimate of drug-likeness (QED) is 0.280. The Morgan fingerprint density at radius 3 is 2.58 bits per heavy atom. The third kappa shape index (κ3) is 5.54. The van der Waals surface area contributed by atoms with Crippen LogP contribution in [0.2, 0.25) is 0 Å². The zero-order valence-electron chi connectivity index (χ0n) is 17.2. The lowest BCUT2D eigenvalue weighted by molar-refractivity contribution is 0.402. The van der Waals surface area contributed by atoms with Crippen LogP contribution in [0.3, 0.4) is 0 Å². The van der Waals surface area contributed by atoms with Gasteiger partial charge in [-0.05, 0) is 42.6 Å². The molecule has 31 heavy (non-hydrogen) atoms. The van der Waals surface area contributed by atoms with E-state index in [9.17, 15) is 13.2 Å². The number of thioether (sulfide) groups is 1. The number of fused-ring (bicyclic) bond motifs is 1. The van der Waals surface area contributed by atoms with Gasteiger partial charge in [0.25, 0.3) is 0 Å². The minimum atomic E-state index is -0.904. The van der Waals surface area contributed by atoms with Crippen molar-refractivity contribution in [2.45, 2.75) is 23.3 Å². The van der Waals surface area contributed by atoms with Crippen LogP contribution in [0.5, 0.6) is 0 Å². The van der Waals surface area contributed by atoms with Crippen LogP contribution in [0, 0.1) is 10.8 Å². The molecule has 0 aromatic carbocycles. The maximum Gasteiger partial charge on any atom is 0.169 e. The molecule has 1 saturated heterocycles. The molecule has 1 aliphatic heterocycles. The molecule has 0 amide bonds. The first kappa shape index (κ1) is 23.9. The summed E-state index contributed by atoms with van der Waals surface area (Å²) in [6, 6.07) is 2.07. The van der Waals surface area contributed by atoms with E-state index in [1.807, 2.05) is 10.6 Å². The summed E-state index contributed by atoms with van der Waals surface area (Å²) >= 11 is 2.15. The summed E-state index contributed by atoms with van der Waals surface area (Å²) in [5, 5.41) is 18.9. The van der Waals surface area contributed by atoms with Gasteiger partial charge in [0.2, 0.25) is 0 Å². The molecule has 0 spiro atoms. The summed E-state index contributed by atoms with van der Waals surface area (Å²) < 4.78 is 40.5. The summed E-state index contributed by atoms with van der Waals surface area (Å²) in [7, 11) is 0.500. The minimum absolute atomic E-state index is 0.0245. The van der Waals surface area contributed by atoms with Crippen molar-refractivity contribution in [2.75, 3.05) is 51.6 Å². The Morgan fingerprint density at radius 2 is 1.97 bits per heavy atom. The second-order valence-electron chi connectivity index (χ2n) is 7.24. The number of alkyl halides is 3. The van der Waals surface area contributed by atoms with Crippen LogP contribution in [0.1, 0.15) is 18.7 Å². The van der Waals surface area contributed by atoms with Gasteiger partial charge in [0.1, 0.15) is 23.4 Å². The van der Waals surface area contributed by atoms with Gasteiger partial charge >= 0.3 is 0 Å². The fourth-order valence-electron chi connectivity index (χ4n) is 3.21. The molecule has 2 aromatic heterocycles. The number of nitrogens with zero attached hydrogens (tertiary/aromatic N) is 3. The van der Waals surface area contributed by atoms with Crippen LogP contribution >= 0.6 is 23.7 Å².